The number of Topliss-reactive ketones (excluding diaryl/α,β-unsaturated/α-hetero) is 1. The second kappa shape index (κ2) is 3.88. The number of carbonyl (C=O) groups excluding carboxylic acids is 1. The van der Waals surface area contributed by atoms with Crippen LogP contribution >= 0.6 is 11.5 Å². The maximum Gasteiger partial charge on any atom is 0.147 e. The molecule has 0 amide bonds. The summed E-state index contributed by atoms with van der Waals surface area (Å²) in [6.07, 6.45) is 4.43. The molecule has 0 bridgehead atoms. The van der Waals surface area contributed by atoms with Crippen molar-refractivity contribution in [3.8, 4) is 0 Å². The lowest BCUT2D eigenvalue weighted by atomic mass is 10.00. The van der Waals surface area contributed by atoms with Crippen molar-refractivity contribution in [2.75, 3.05) is 6.54 Å². The number of carbonyl (C=O) groups is 1. The molecule has 1 N–H and O–H groups in total. The molecule has 1 atom stereocenters. The number of ketones is 1. The monoisotopic (exact) mass is 234 g/mol. The van der Waals surface area contributed by atoms with Crippen LogP contribution < -0.4 is 5.32 Å². The molecule has 3 heterocycles. The van der Waals surface area contributed by atoms with E-state index in [9.17, 15) is 4.79 Å². The predicted octanol–water partition coefficient (Wildman–Crippen LogP) is 1.08. The molecule has 0 aliphatic carbocycles. The first kappa shape index (κ1) is 9.80. The third-order valence-corrected chi connectivity index (χ3v) is 3.52. The Morgan fingerprint density at radius 1 is 1.50 bits per heavy atom. The molecule has 1 aliphatic heterocycles. The summed E-state index contributed by atoms with van der Waals surface area (Å²) in [7, 11) is 0. The molecule has 1 saturated heterocycles. The van der Waals surface area contributed by atoms with Gasteiger partial charge in [-0.25, -0.2) is 9.97 Å². The van der Waals surface area contributed by atoms with Crippen molar-refractivity contribution >= 4 is 27.5 Å². The minimum atomic E-state index is 0.0287. The quantitative estimate of drug-likeness (QED) is 0.799. The van der Waals surface area contributed by atoms with Crippen molar-refractivity contribution < 1.29 is 4.79 Å². The molecule has 3 rings (SSSR count). The highest BCUT2D eigenvalue weighted by Crippen LogP contribution is 2.28. The first-order chi connectivity index (χ1) is 7.84. The van der Waals surface area contributed by atoms with Crippen molar-refractivity contribution in [2.45, 2.75) is 18.9 Å². The molecule has 1 fully saturated rings. The smallest absolute Gasteiger partial charge is 0.147 e. The first-order valence-electron chi connectivity index (χ1n) is 5.15. The molecular formula is C10H10N4OS. The number of rotatable bonds is 1. The van der Waals surface area contributed by atoms with E-state index in [2.05, 4.69) is 19.7 Å². The molecule has 5 nitrogen and oxygen atoms in total. The Bertz CT molecular complexity index is 538. The number of hydrogen-bond acceptors (Lipinski definition) is 6. The molecular weight excluding hydrogens is 224 g/mol. The number of piperidine rings is 1. The minimum Gasteiger partial charge on any atom is -0.308 e. The van der Waals surface area contributed by atoms with Crippen LogP contribution in [0.1, 0.15) is 24.6 Å². The van der Waals surface area contributed by atoms with Crippen molar-refractivity contribution in [3.05, 3.63) is 18.2 Å². The zero-order valence-corrected chi connectivity index (χ0v) is 9.33. The summed E-state index contributed by atoms with van der Waals surface area (Å²) in [5.74, 6) is 0.293. The fourth-order valence-corrected chi connectivity index (χ4v) is 2.70. The summed E-state index contributed by atoms with van der Waals surface area (Å²) in [6, 6.07) is 0.0287. The first-order valence-corrected chi connectivity index (χ1v) is 5.92. The summed E-state index contributed by atoms with van der Waals surface area (Å²) in [5, 5.41) is 4.27. The highest BCUT2D eigenvalue weighted by atomic mass is 32.1. The predicted molar refractivity (Wildman–Crippen MR) is 60.2 cm³/mol. The highest BCUT2D eigenvalue weighted by molar-refractivity contribution is 7.12. The number of nitrogens with one attached hydrogen (secondary N) is 1. The van der Waals surface area contributed by atoms with Gasteiger partial charge in [-0.15, -0.1) is 0 Å². The second-order valence-corrected chi connectivity index (χ2v) is 4.56. The Kier molecular flexibility index (Phi) is 2.37. The van der Waals surface area contributed by atoms with Gasteiger partial charge >= 0.3 is 0 Å². The van der Waals surface area contributed by atoms with Gasteiger partial charge in [0.05, 0.1) is 17.1 Å². The fraction of sp³-hybridized carbons (Fsp3) is 0.400. The van der Waals surface area contributed by atoms with E-state index >= 15 is 0 Å². The van der Waals surface area contributed by atoms with Crippen LogP contribution in [0, 0.1) is 0 Å². The SMILES string of the molecule is O=C1CCNC(c2nsc3ncncc23)C1. The van der Waals surface area contributed by atoms with E-state index in [0.29, 0.717) is 18.6 Å². The lowest BCUT2D eigenvalue weighted by Gasteiger charge is -2.20. The van der Waals surface area contributed by atoms with Gasteiger partial charge in [-0.05, 0) is 11.5 Å². The van der Waals surface area contributed by atoms with Crippen LogP contribution in [-0.2, 0) is 4.79 Å². The largest absolute Gasteiger partial charge is 0.308 e. The summed E-state index contributed by atoms with van der Waals surface area (Å²) < 4.78 is 4.38. The van der Waals surface area contributed by atoms with E-state index < -0.39 is 0 Å². The molecule has 1 aliphatic rings. The van der Waals surface area contributed by atoms with Gasteiger partial charge in [0.1, 0.15) is 16.9 Å². The summed E-state index contributed by atoms with van der Waals surface area (Å²) in [4.78, 5) is 20.4. The molecule has 0 spiro atoms. The normalized spacial score (nSPS) is 21.5. The summed E-state index contributed by atoms with van der Waals surface area (Å²) in [6.45, 7) is 0.732. The zero-order chi connectivity index (χ0) is 11.0. The van der Waals surface area contributed by atoms with E-state index in [1.807, 2.05) is 0 Å². The van der Waals surface area contributed by atoms with E-state index in [1.54, 1.807) is 6.20 Å². The summed E-state index contributed by atoms with van der Waals surface area (Å²) >= 11 is 1.36. The lowest BCUT2D eigenvalue weighted by Crippen LogP contribution is -2.32. The van der Waals surface area contributed by atoms with E-state index in [1.165, 1.54) is 17.9 Å². The topological polar surface area (TPSA) is 67.8 Å². The van der Waals surface area contributed by atoms with Gasteiger partial charge in [0, 0.05) is 25.6 Å². The van der Waals surface area contributed by atoms with Crippen molar-refractivity contribution in [3.63, 3.8) is 0 Å². The van der Waals surface area contributed by atoms with Crippen molar-refractivity contribution in [1.82, 2.24) is 19.7 Å². The number of fused-ring (bicyclic) bond motifs is 1. The Morgan fingerprint density at radius 3 is 3.31 bits per heavy atom. The van der Waals surface area contributed by atoms with Crippen LogP contribution in [0.5, 0.6) is 0 Å². The second-order valence-electron chi connectivity index (χ2n) is 3.81. The van der Waals surface area contributed by atoms with Gasteiger partial charge in [0.25, 0.3) is 0 Å². The standard InChI is InChI=1S/C10H10N4OS/c15-6-1-2-12-8(3-6)9-7-4-11-5-13-10(7)16-14-9/h4-5,8,12H,1-3H2. The molecule has 0 saturated carbocycles. The third kappa shape index (κ3) is 1.60. The van der Waals surface area contributed by atoms with Gasteiger partial charge in [-0.3, -0.25) is 4.79 Å². The van der Waals surface area contributed by atoms with Crippen molar-refractivity contribution in [2.24, 2.45) is 0 Å². The maximum atomic E-state index is 11.4. The van der Waals surface area contributed by atoms with Crippen LogP contribution in [0.15, 0.2) is 12.5 Å². The van der Waals surface area contributed by atoms with Gasteiger partial charge in [0.2, 0.25) is 0 Å². The van der Waals surface area contributed by atoms with Crippen LogP contribution in [0.25, 0.3) is 10.2 Å². The average Bonchev–Trinajstić information content (AvgIpc) is 2.72. The van der Waals surface area contributed by atoms with Crippen LogP contribution in [0.4, 0.5) is 0 Å². The van der Waals surface area contributed by atoms with Gasteiger partial charge < -0.3 is 5.32 Å². The Hall–Kier alpha value is -1.40. The number of hydrogen-bond donors (Lipinski definition) is 1. The van der Waals surface area contributed by atoms with Crippen LogP contribution in [-0.4, -0.2) is 26.7 Å². The molecule has 2 aromatic rings. The zero-order valence-electron chi connectivity index (χ0n) is 8.51. The van der Waals surface area contributed by atoms with E-state index in [0.717, 1.165) is 22.5 Å². The molecule has 0 radical (unpaired) electrons. The van der Waals surface area contributed by atoms with Gasteiger partial charge in [-0.2, -0.15) is 4.37 Å². The van der Waals surface area contributed by atoms with Crippen molar-refractivity contribution in [1.29, 1.82) is 0 Å². The number of nitrogens with zero attached hydrogens (tertiary/aromatic N) is 3. The van der Waals surface area contributed by atoms with E-state index in [4.69, 9.17) is 0 Å². The Morgan fingerprint density at radius 2 is 2.44 bits per heavy atom. The van der Waals surface area contributed by atoms with Gasteiger partial charge in [-0.1, -0.05) is 0 Å². The average molecular weight is 234 g/mol. The van der Waals surface area contributed by atoms with E-state index in [-0.39, 0.29) is 6.04 Å². The highest BCUT2D eigenvalue weighted by Gasteiger charge is 2.24. The fourth-order valence-electron chi connectivity index (χ4n) is 1.94. The Balaban J connectivity index is 2.02. The third-order valence-electron chi connectivity index (χ3n) is 2.74. The van der Waals surface area contributed by atoms with Gasteiger partial charge in [0.15, 0.2) is 0 Å². The molecule has 82 valence electrons. The molecule has 0 aromatic carbocycles. The molecule has 2 aromatic heterocycles. The maximum absolute atomic E-state index is 11.4. The number of aromatic nitrogens is 3. The summed E-state index contributed by atoms with van der Waals surface area (Å²) in [5.41, 5.74) is 0.911. The molecule has 6 heteroatoms. The minimum absolute atomic E-state index is 0.0287. The van der Waals surface area contributed by atoms with Crippen LogP contribution in [0.2, 0.25) is 0 Å². The molecule has 1 unspecified atom stereocenters. The lowest BCUT2D eigenvalue weighted by molar-refractivity contribution is -0.120. The Labute approximate surface area is 96.1 Å². The van der Waals surface area contributed by atoms with Crippen LogP contribution in [0.3, 0.4) is 0 Å². The molecule has 16 heavy (non-hydrogen) atoms.